The van der Waals surface area contributed by atoms with E-state index in [9.17, 15) is 9.18 Å². The summed E-state index contributed by atoms with van der Waals surface area (Å²) in [6.07, 6.45) is 1.13. The summed E-state index contributed by atoms with van der Waals surface area (Å²) >= 11 is 0. The maximum atomic E-state index is 12.7. The van der Waals surface area contributed by atoms with Crippen LogP contribution in [-0.2, 0) is 17.6 Å². The van der Waals surface area contributed by atoms with Crippen LogP contribution in [0.15, 0.2) is 28.7 Å². The number of rotatable bonds is 5. The third-order valence-electron chi connectivity index (χ3n) is 2.52. The molecule has 18 heavy (non-hydrogen) atoms. The molecule has 0 aliphatic carbocycles. The standard InChI is InChI=1S/C13H13FN2O2/c1-9-15-16-13(18-9)8-12(17)7-4-10-2-5-11(14)6-3-10/h2-3,5-6H,4,7-8H2,1H3. The molecule has 1 aromatic heterocycles. The topological polar surface area (TPSA) is 56.0 Å². The largest absolute Gasteiger partial charge is 0.425 e. The Morgan fingerprint density at radius 3 is 2.61 bits per heavy atom. The molecule has 0 aliphatic rings. The lowest BCUT2D eigenvalue weighted by atomic mass is 10.1. The highest BCUT2D eigenvalue weighted by molar-refractivity contribution is 5.80. The molecule has 0 unspecified atom stereocenters. The molecule has 5 heteroatoms. The van der Waals surface area contributed by atoms with E-state index in [2.05, 4.69) is 10.2 Å². The molecule has 0 saturated heterocycles. The van der Waals surface area contributed by atoms with E-state index in [1.54, 1.807) is 19.1 Å². The van der Waals surface area contributed by atoms with Gasteiger partial charge in [-0.1, -0.05) is 12.1 Å². The van der Waals surface area contributed by atoms with Crippen molar-refractivity contribution in [1.82, 2.24) is 10.2 Å². The molecule has 0 radical (unpaired) electrons. The minimum atomic E-state index is -0.272. The fraction of sp³-hybridized carbons (Fsp3) is 0.308. The SMILES string of the molecule is Cc1nnc(CC(=O)CCc2ccc(F)cc2)o1. The molecule has 2 rings (SSSR count). The number of nitrogens with zero attached hydrogens (tertiary/aromatic N) is 2. The van der Waals surface area contributed by atoms with Crippen molar-refractivity contribution in [2.45, 2.75) is 26.2 Å². The zero-order valence-corrected chi connectivity index (χ0v) is 10.0. The Kier molecular flexibility index (Phi) is 3.82. The van der Waals surface area contributed by atoms with Gasteiger partial charge in [0.25, 0.3) is 0 Å². The number of hydrogen-bond acceptors (Lipinski definition) is 4. The number of aromatic nitrogens is 2. The molecule has 0 atom stereocenters. The average molecular weight is 248 g/mol. The lowest BCUT2D eigenvalue weighted by Crippen LogP contribution is -2.04. The van der Waals surface area contributed by atoms with Crippen LogP contribution in [0.2, 0.25) is 0 Å². The maximum Gasteiger partial charge on any atom is 0.223 e. The first-order chi connectivity index (χ1) is 8.63. The van der Waals surface area contributed by atoms with Crippen LogP contribution in [-0.4, -0.2) is 16.0 Å². The fourth-order valence-electron chi connectivity index (χ4n) is 1.60. The van der Waals surface area contributed by atoms with Crippen LogP contribution < -0.4 is 0 Å². The van der Waals surface area contributed by atoms with Gasteiger partial charge in [-0.3, -0.25) is 4.79 Å². The molecule has 0 spiro atoms. The van der Waals surface area contributed by atoms with Crippen LogP contribution in [0.5, 0.6) is 0 Å². The van der Waals surface area contributed by atoms with Gasteiger partial charge < -0.3 is 4.42 Å². The van der Waals surface area contributed by atoms with Crippen LogP contribution >= 0.6 is 0 Å². The summed E-state index contributed by atoms with van der Waals surface area (Å²) in [7, 11) is 0. The molecule has 0 bridgehead atoms. The number of halogens is 1. The van der Waals surface area contributed by atoms with E-state index >= 15 is 0 Å². The summed E-state index contributed by atoms with van der Waals surface area (Å²) in [6, 6.07) is 6.14. The van der Waals surface area contributed by atoms with E-state index in [0.29, 0.717) is 24.6 Å². The molecule has 2 aromatic rings. The lowest BCUT2D eigenvalue weighted by molar-refractivity contribution is -0.118. The molecule has 0 N–H and O–H groups in total. The van der Waals surface area contributed by atoms with E-state index < -0.39 is 0 Å². The Hall–Kier alpha value is -2.04. The Labute approximate surface area is 104 Å². The quantitative estimate of drug-likeness (QED) is 0.814. The van der Waals surface area contributed by atoms with Crippen molar-refractivity contribution >= 4 is 5.78 Å². The van der Waals surface area contributed by atoms with Crippen molar-refractivity contribution in [2.75, 3.05) is 0 Å². The van der Waals surface area contributed by atoms with Crippen LogP contribution in [0.4, 0.5) is 4.39 Å². The monoisotopic (exact) mass is 248 g/mol. The van der Waals surface area contributed by atoms with Crippen LogP contribution in [0.1, 0.15) is 23.8 Å². The second kappa shape index (κ2) is 5.53. The number of aryl methyl sites for hydroxylation is 2. The van der Waals surface area contributed by atoms with Crippen LogP contribution in [0, 0.1) is 12.7 Å². The van der Waals surface area contributed by atoms with E-state index in [-0.39, 0.29) is 18.0 Å². The molecule has 94 valence electrons. The summed E-state index contributed by atoms with van der Waals surface area (Å²) in [5.74, 6) is 0.558. The molecule has 4 nitrogen and oxygen atoms in total. The number of hydrogen-bond donors (Lipinski definition) is 0. The first kappa shape index (κ1) is 12.4. The maximum absolute atomic E-state index is 12.7. The molecule has 0 fully saturated rings. The number of ketones is 1. The van der Waals surface area contributed by atoms with Crippen LogP contribution in [0.25, 0.3) is 0 Å². The van der Waals surface area contributed by atoms with Gasteiger partial charge >= 0.3 is 0 Å². The first-order valence-electron chi connectivity index (χ1n) is 5.68. The Morgan fingerprint density at radius 2 is 2.00 bits per heavy atom. The molecular weight excluding hydrogens is 235 g/mol. The Morgan fingerprint density at radius 1 is 1.28 bits per heavy atom. The number of benzene rings is 1. The van der Waals surface area contributed by atoms with Crippen molar-refractivity contribution in [3.05, 3.63) is 47.4 Å². The van der Waals surface area contributed by atoms with E-state index in [1.165, 1.54) is 12.1 Å². The number of carbonyl (C=O) groups is 1. The van der Waals surface area contributed by atoms with E-state index in [4.69, 9.17) is 4.42 Å². The van der Waals surface area contributed by atoms with Gasteiger partial charge in [0.1, 0.15) is 11.6 Å². The van der Waals surface area contributed by atoms with Gasteiger partial charge in [-0.25, -0.2) is 4.39 Å². The predicted molar refractivity (Wildman–Crippen MR) is 62.5 cm³/mol. The molecular formula is C13H13FN2O2. The zero-order valence-electron chi connectivity index (χ0n) is 10.0. The van der Waals surface area contributed by atoms with Crippen molar-refractivity contribution < 1.29 is 13.6 Å². The van der Waals surface area contributed by atoms with Crippen molar-refractivity contribution in [3.63, 3.8) is 0 Å². The van der Waals surface area contributed by atoms with Gasteiger partial charge in [0.15, 0.2) is 0 Å². The molecule has 0 amide bonds. The first-order valence-corrected chi connectivity index (χ1v) is 5.68. The average Bonchev–Trinajstić information content (AvgIpc) is 2.74. The highest BCUT2D eigenvalue weighted by Gasteiger charge is 2.09. The molecule has 0 saturated carbocycles. The van der Waals surface area contributed by atoms with E-state index in [1.807, 2.05) is 0 Å². The van der Waals surface area contributed by atoms with Gasteiger partial charge in [0.05, 0.1) is 6.42 Å². The van der Waals surface area contributed by atoms with Crippen molar-refractivity contribution in [2.24, 2.45) is 0 Å². The van der Waals surface area contributed by atoms with Crippen LogP contribution in [0.3, 0.4) is 0 Å². The molecule has 1 heterocycles. The second-order valence-corrected chi connectivity index (χ2v) is 4.06. The highest BCUT2D eigenvalue weighted by Crippen LogP contribution is 2.07. The summed E-state index contributed by atoms with van der Waals surface area (Å²) in [5.41, 5.74) is 0.937. The van der Waals surface area contributed by atoms with E-state index in [0.717, 1.165) is 5.56 Å². The fourth-order valence-corrected chi connectivity index (χ4v) is 1.60. The summed E-state index contributed by atoms with van der Waals surface area (Å²) in [6.45, 7) is 1.68. The van der Waals surface area contributed by atoms with Gasteiger partial charge in [-0.2, -0.15) is 0 Å². The zero-order chi connectivity index (χ0) is 13.0. The number of carbonyl (C=O) groups excluding carboxylic acids is 1. The summed E-state index contributed by atoms with van der Waals surface area (Å²) in [5, 5.41) is 7.42. The lowest BCUT2D eigenvalue weighted by Gasteiger charge is -1.99. The highest BCUT2D eigenvalue weighted by atomic mass is 19.1. The van der Waals surface area contributed by atoms with Gasteiger partial charge in [0, 0.05) is 13.3 Å². The van der Waals surface area contributed by atoms with Gasteiger partial charge in [0.2, 0.25) is 11.8 Å². The minimum Gasteiger partial charge on any atom is -0.425 e. The van der Waals surface area contributed by atoms with Crippen molar-refractivity contribution in [3.8, 4) is 0 Å². The third-order valence-corrected chi connectivity index (χ3v) is 2.52. The van der Waals surface area contributed by atoms with Crippen molar-refractivity contribution in [1.29, 1.82) is 0 Å². The summed E-state index contributed by atoms with van der Waals surface area (Å²) in [4.78, 5) is 11.7. The predicted octanol–water partition coefficient (Wildman–Crippen LogP) is 2.26. The minimum absolute atomic E-state index is 0.0305. The van der Waals surface area contributed by atoms with Gasteiger partial charge in [-0.05, 0) is 24.1 Å². The second-order valence-electron chi connectivity index (χ2n) is 4.06. The molecule has 0 aliphatic heterocycles. The normalized spacial score (nSPS) is 10.6. The third kappa shape index (κ3) is 3.48. The number of Topliss-reactive ketones (excluding diaryl/α,β-unsaturated/α-hetero) is 1. The molecule has 1 aromatic carbocycles. The Bertz CT molecular complexity index is 534. The van der Waals surface area contributed by atoms with Gasteiger partial charge in [-0.15, -0.1) is 10.2 Å². The summed E-state index contributed by atoms with van der Waals surface area (Å²) < 4.78 is 17.8. The Balaban J connectivity index is 1.83. The smallest absolute Gasteiger partial charge is 0.223 e.